The molecule has 3 N–H and O–H groups in total. The van der Waals surface area contributed by atoms with E-state index in [1.54, 1.807) is 0 Å². The molecular formula is C10H22N4O. The lowest BCUT2D eigenvalue weighted by Crippen LogP contribution is -2.55. The van der Waals surface area contributed by atoms with Crippen LogP contribution in [0.3, 0.4) is 0 Å². The normalized spacial score (nSPS) is 22.0. The number of nitrogens with one attached hydrogen (secondary N) is 1. The van der Waals surface area contributed by atoms with Crippen LogP contribution < -0.4 is 11.3 Å². The molecule has 5 heteroatoms. The minimum absolute atomic E-state index is 0.132. The fourth-order valence-electron chi connectivity index (χ4n) is 1.65. The van der Waals surface area contributed by atoms with E-state index in [0.29, 0.717) is 6.61 Å². The van der Waals surface area contributed by atoms with Gasteiger partial charge in [-0.25, -0.2) is 10.8 Å². The van der Waals surface area contributed by atoms with E-state index in [4.69, 9.17) is 10.6 Å². The Kier molecular flexibility index (Phi) is 3.93. The molecule has 1 saturated heterocycles. The second-order valence-corrected chi connectivity index (χ2v) is 4.72. The number of morpholine rings is 1. The summed E-state index contributed by atoms with van der Waals surface area (Å²) >= 11 is 0. The van der Waals surface area contributed by atoms with Crippen molar-refractivity contribution in [3.63, 3.8) is 0 Å². The molecule has 1 rings (SSSR count). The highest BCUT2D eigenvalue weighted by molar-refractivity contribution is 5.79. The summed E-state index contributed by atoms with van der Waals surface area (Å²) in [5, 5.41) is 0. The van der Waals surface area contributed by atoms with Crippen LogP contribution in [0.25, 0.3) is 0 Å². The number of guanidine groups is 1. The van der Waals surface area contributed by atoms with Crippen molar-refractivity contribution in [3.8, 4) is 0 Å². The Morgan fingerprint density at radius 2 is 2.20 bits per heavy atom. The van der Waals surface area contributed by atoms with Gasteiger partial charge in [0.1, 0.15) is 0 Å². The number of hydrazine groups is 1. The number of rotatable bonds is 1. The fourth-order valence-corrected chi connectivity index (χ4v) is 1.65. The Balaban J connectivity index is 2.69. The van der Waals surface area contributed by atoms with Gasteiger partial charge in [-0.3, -0.25) is 5.43 Å². The van der Waals surface area contributed by atoms with Crippen molar-refractivity contribution in [2.75, 3.05) is 19.7 Å². The highest BCUT2D eigenvalue weighted by Crippen LogP contribution is 2.16. The highest BCUT2D eigenvalue weighted by atomic mass is 16.5. The van der Waals surface area contributed by atoms with Crippen molar-refractivity contribution in [2.24, 2.45) is 10.8 Å². The molecule has 0 amide bonds. The maximum absolute atomic E-state index is 5.63. The summed E-state index contributed by atoms with van der Waals surface area (Å²) in [6.07, 6.45) is 0. The molecule has 0 aliphatic carbocycles. The summed E-state index contributed by atoms with van der Waals surface area (Å²) < 4.78 is 5.63. The van der Waals surface area contributed by atoms with Gasteiger partial charge in [-0.2, -0.15) is 0 Å². The average molecular weight is 214 g/mol. The molecule has 0 atom stereocenters. The Hall–Kier alpha value is -0.810. The van der Waals surface area contributed by atoms with Crippen LogP contribution in [0.2, 0.25) is 0 Å². The molecule has 0 unspecified atom stereocenters. The zero-order valence-electron chi connectivity index (χ0n) is 10.1. The van der Waals surface area contributed by atoms with Crippen LogP contribution in [0.15, 0.2) is 4.99 Å². The maximum atomic E-state index is 5.63. The van der Waals surface area contributed by atoms with Crippen LogP contribution in [0.5, 0.6) is 0 Å². The molecule has 0 spiro atoms. The number of nitrogens with zero attached hydrogens (tertiary/aromatic N) is 2. The third kappa shape index (κ3) is 3.68. The third-order valence-corrected chi connectivity index (χ3v) is 2.23. The third-order valence-electron chi connectivity index (χ3n) is 2.23. The Morgan fingerprint density at radius 3 is 2.67 bits per heavy atom. The standard InChI is InChI=1S/C10H22N4O/c1-8(2)12-9(13-11)14-5-6-15-10(3,4)7-14/h8H,5-7,11H2,1-4H3,(H,12,13). The topological polar surface area (TPSA) is 62.9 Å². The van der Waals surface area contributed by atoms with Crippen LogP contribution in [0.4, 0.5) is 0 Å². The highest BCUT2D eigenvalue weighted by Gasteiger charge is 2.28. The fraction of sp³-hybridized carbons (Fsp3) is 0.900. The lowest BCUT2D eigenvalue weighted by Gasteiger charge is -2.39. The number of hydrogen-bond acceptors (Lipinski definition) is 3. The van der Waals surface area contributed by atoms with Gasteiger partial charge in [-0.1, -0.05) is 0 Å². The van der Waals surface area contributed by atoms with Crippen molar-refractivity contribution >= 4 is 5.96 Å². The Morgan fingerprint density at radius 1 is 1.53 bits per heavy atom. The molecule has 88 valence electrons. The van der Waals surface area contributed by atoms with Crippen molar-refractivity contribution in [1.29, 1.82) is 0 Å². The summed E-state index contributed by atoms with van der Waals surface area (Å²) in [5.74, 6) is 6.23. The first-order valence-electron chi connectivity index (χ1n) is 5.38. The van der Waals surface area contributed by atoms with Crippen LogP contribution in [-0.2, 0) is 4.74 Å². The summed E-state index contributed by atoms with van der Waals surface area (Å²) in [5.41, 5.74) is 2.53. The molecule has 1 aliphatic heterocycles. The molecule has 1 aliphatic rings. The number of hydrogen-bond donors (Lipinski definition) is 2. The van der Waals surface area contributed by atoms with Crippen LogP contribution in [0, 0.1) is 0 Å². The van der Waals surface area contributed by atoms with E-state index in [1.807, 2.05) is 13.8 Å². The van der Waals surface area contributed by atoms with Crippen molar-refractivity contribution in [1.82, 2.24) is 10.3 Å². The van der Waals surface area contributed by atoms with E-state index in [9.17, 15) is 0 Å². The first-order valence-corrected chi connectivity index (χ1v) is 5.38. The van der Waals surface area contributed by atoms with Gasteiger partial charge in [0, 0.05) is 19.1 Å². The van der Waals surface area contributed by atoms with Crippen molar-refractivity contribution < 1.29 is 4.74 Å². The van der Waals surface area contributed by atoms with Crippen molar-refractivity contribution in [3.05, 3.63) is 0 Å². The van der Waals surface area contributed by atoms with E-state index >= 15 is 0 Å². The predicted octanol–water partition coefficient (Wildman–Crippen LogP) is 0.325. The molecule has 5 nitrogen and oxygen atoms in total. The zero-order valence-corrected chi connectivity index (χ0v) is 10.1. The first kappa shape index (κ1) is 12.3. The second kappa shape index (κ2) is 4.81. The van der Waals surface area contributed by atoms with Gasteiger partial charge in [0.25, 0.3) is 0 Å². The van der Waals surface area contributed by atoms with E-state index in [1.165, 1.54) is 0 Å². The minimum atomic E-state index is -0.132. The molecule has 15 heavy (non-hydrogen) atoms. The largest absolute Gasteiger partial charge is 0.372 e. The molecule has 0 aromatic rings. The van der Waals surface area contributed by atoms with Crippen LogP contribution in [0.1, 0.15) is 27.7 Å². The number of ether oxygens (including phenoxy) is 1. The summed E-state index contributed by atoms with van der Waals surface area (Å²) in [7, 11) is 0. The second-order valence-electron chi connectivity index (χ2n) is 4.72. The molecule has 0 bridgehead atoms. The predicted molar refractivity (Wildman–Crippen MR) is 61.5 cm³/mol. The van der Waals surface area contributed by atoms with E-state index < -0.39 is 0 Å². The molecule has 0 saturated carbocycles. The molecule has 0 aromatic carbocycles. The van der Waals surface area contributed by atoms with E-state index in [2.05, 4.69) is 29.2 Å². The van der Waals surface area contributed by atoms with Gasteiger partial charge in [-0.15, -0.1) is 0 Å². The Labute approximate surface area is 91.6 Å². The quantitative estimate of drug-likeness (QED) is 0.286. The maximum Gasteiger partial charge on any atom is 0.208 e. The lowest BCUT2D eigenvalue weighted by molar-refractivity contribution is -0.0686. The summed E-state index contributed by atoms with van der Waals surface area (Å²) in [6, 6.07) is 0.238. The average Bonchev–Trinajstić information content (AvgIpc) is 2.12. The smallest absolute Gasteiger partial charge is 0.208 e. The molecule has 0 radical (unpaired) electrons. The van der Waals surface area contributed by atoms with Gasteiger partial charge in [0.05, 0.1) is 12.2 Å². The molecule has 0 aromatic heterocycles. The number of aliphatic imine (C=N–C) groups is 1. The van der Waals surface area contributed by atoms with E-state index in [-0.39, 0.29) is 11.6 Å². The molecular weight excluding hydrogens is 192 g/mol. The lowest BCUT2D eigenvalue weighted by atomic mass is 10.1. The van der Waals surface area contributed by atoms with Gasteiger partial charge in [0.15, 0.2) is 0 Å². The summed E-state index contributed by atoms with van der Waals surface area (Å²) in [6.45, 7) is 10.6. The molecule has 1 fully saturated rings. The van der Waals surface area contributed by atoms with Crippen molar-refractivity contribution in [2.45, 2.75) is 39.3 Å². The SMILES string of the molecule is CC(C)N=C(NN)N1CCOC(C)(C)C1. The first-order chi connectivity index (χ1) is 6.94. The van der Waals surface area contributed by atoms with Gasteiger partial charge in [-0.05, 0) is 27.7 Å². The van der Waals surface area contributed by atoms with Gasteiger partial charge >= 0.3 is 0 Å². The summed E-state index contributed by atoms with van der Waals surface area (Å²) in [4.78, 5) is 6.56. The monoisotopic (exact) mass is 214 g/mol. The van der Waals surface area contributed by atoms with E-state index in [0.717, 1.165) is 19.0 Å². The van der Waals surface area contributed by atoms with Gasteiger partial charge in [0.2, 0.25) is 5.96 Å². The van der Waals surface area contributed by atoms with Crippen LogP contribution >= 0.6 is 0 Å². The zero-order chi connectivity index (χ0) is 11.5. The van der Waals surface area contributed by atoms with Gasteiger partial charge < -0.3 is 9.64 Å². The minimum Gasteiger partial charge on any atom is -0.372 e. The molecule has 1 heterocycles. The number of nitrogens with two attached hydrogens (primary N) is 1. The van der Waals surface area contributed by atoms with Crippen LogP contribution in [-0.4, -0.2) is 42.2 Å². The Bertz CT molecular complexity index is 238.